The fraction of sp³-hybridized carbons (Fsp3) is 0.450. The molecule has 140 valence electrons. The predicted molar refractivity (Wildman–Crippen MR) is 98.2 cm³/mol. The number of rotatable bonds is 3. The van der Waals surface area contributed by atoms with Gasteiger partial charge in [0.05, 0.1) is 0 Å². The van der Waals surface area contributed by atoms with E-state index in [0.29, 0.717) is 6.04 Å². The summed E-state index contributed by atoms with van der Waals surface area (Å²) in [4.78, 5) is 12.5. The maximum atomic E-state index is 10.3. The Labute approximate surface area is 164 Å². The number of aliphatic carboxylic acids is 1. The Hall–Kier alpha value is -1.25. The number of hydrogen-bond donors (Lipinski definition) is 2. The molecule has 0 unspecified atom stereocenters. The van der Waals surface area contributed by atoms with Crippen LogP contribution in [0.3, 0.4) is 0 Å². The van der Waals surface area contributed by atoms with Gasteiger partial charge in [0.25, 0.3) is 0 Å². The first-order chi connectivity index (χ1) is 11.5. The molecule has 4 nitrogen and oxygen atoms in total. The molecule has 1 saturated heterocycles. The van der Waals surface area contributed by atoms with Gasteiger partial charge in [0.2, 0.25) is 0 Å². The second-order valence-electron chi connectivity index (χ2n) is 6.46. The molecule has 25 heavy (non-hydrogen) atoms. The van der Waals surface area contributed by atoms with Crippen molar-refractivity contribution in [3.63, 3.8) is 0 Å². The van der Waals surface area contributed by atoms with Crippen LogP contribution in [-0.2, 0) is 25.2 Å². The van der Waals surface area contributed by atoms with Crippen molar-refractivity contribution in [1.29, 1.82) is 0 Å². The smallest absolute Gasteiger partial charge is 0.320 e. The molecule has 2 atom stereocenters. The molecule has 3 rings (SSSR count). The summed E-state index contributed by atoms with van der Waals surface area (Å²) in [5, 5.41) is 14.0. The maximum absolute atomic E-state index is 10.3. The van der Waals surface area contributed by atoms with E-state index in [1.807, 2.05) is 6.07 Å². The van der Waals surface area contributed by atoms with Gasteiger partial charge in [0.15, 0.2) is 0 Å². The van der Waals surface area contributed by atoms with Crippen LogP contribution in [0, 0.1) is 6.07 Å². The zero-order valence-corrected chi connectivity index (χ0v) is 16.6. The second-order valence-corrected chi connectivity index (χ2v) is 6.46. The molecular formula is C20H27N2O2Pd-. The van der Waals surface area contributed by atoms with Crippen LogP contribution in [0.1, 0.15) is 37.8 Å². The van der Waals surface area contributed by atoms with Gasteiger partial charge >= 0.3 is 5.97 Å². The third kappa shape index (κ3) is 6.20. The van der Waals surface area contributed by atoms with E-state index in [1.165, 1.54) is 16.3 Å². The van der Waals surface area contributed by atoms with E-state index in [4.69, 9.17) is 5.11 Å². The normalized spacial score (nSPS) is 18.0. The van der Waals surface area contributed by atoms with E-state index >= 15 is 0 Å². The van der Waals surface area contributed by atoms with Gasteiger partial charge in [-0.1, -0.05) is 24.6 Å². The molecule has 0 radical (unpaired) electrons. The van der Waals surface area contributed by atoms with Crippen LogP contribution in [0.25, 0.3) is 10.8 Å². The summed E-state index contributed by atoms with van der Waals surface area (Å²) >= 11 is 0. The van der Waals surface area contributed by atoms with E-state index in [0.717, 1.165) is 25.8 Å². The van der Waals surface area contributed by atoms with Crippen LogP contribution in [0.2, 0.25) is 0 Å². The van der Waals surface area contributed by atoms with Gasteiger partial charge < -0.3 is 15.3 Å². The van der Waals surface area contributed by atoms with Gasteiger partial charge in [-0.2, -0.15) is 18.2 Å². The summed E-state index contributed by atoms with van der Waals surface area (Å²) < 4.78 is 0. The molecule has 0 spiro atoms. The van der Waals surface area contributed by atoms with E-state index in [-0.39, 0.29) is 26.5 Å². The first-order valence-electron chi connectivity index (χ1n) is 8.52. The molecule has 2 aromatic rings. The Balaban J connectivity index is 0.000000270. The Morgan fingerprint density at radius 1 is 1.28 bits per heavy atom. The van der Waals surface area contributed by atoms with Gasteiger partial charge in [0, 0.05) is 26.5 Å². The molecular weight excluding hydrogens is 407 g/mol. The number of piperidine rings is 1. The quantitative estimate of drug-likeness (QED) is 0.575. The molecule has 1 aliphatic rings. The molecule has 5 heteroatoms. The largest absolute Gasteiger partial charge is 0.480 e. The fourth-order valence-electron chi connectivity index (χ4n) is 2.85. The van der Waals surface area contributed by atoms with Crippen LogP contribution in [0.15, 0.2) is 36.4 Å². The molecule has 2 aromatic carbocycles. The molecule has 1 aliphatic heterocycles. The van der Waals surface area contributed by atoms with Crippen molar-refractivity contribution in [2.24, 2.45) is 0 Å². The second kappa shape index (κ2) is 10.7. The van der Waals surface area contributed by atoms with Crippen LogP contribution in [-0.4, -0.2) is 42.7 Å². The van der Waals surface area contributed by atoms with Gasteiger partial charge in [0.1, 0.15) is 6.04 Å². The van der Waals surface area contributed by atoms with Crippen molar-refractivity contribution in [3.8, 4) is 0 Å². The minimum atomic E-state index is -0.713. The van der Waals surface area contributed by atoms with E-state index < -0.39 is 5.97 Å². The summed E-state index contributed by atoms with van der Waals surface area (Å²) in [6, 6.07) is 16.1. The summed E-state index contributed by atoms with van der Waals surface area (Å²) in [7, 11) is 4.20. The summed E-state index contributed by atoms with van der Waals surface area (Å²) in [5.74, 6) is -0.713. The zero-order valence-electron chi connectivity index (χ0n) is 15.1. The van der Waals surface area contributed by atoms with Crippen molar-refractivity contribution in [2.75, 3.05) is 20.6 Å². The number of benzene rings is 2. The van der Waals surface area contributed by atoms with Gasteiger partial charge in [-0.25, -0.2) is 0 Å². The van der Waals surface area contributed by atoms with Gasteiger partial charge in [-0.15, -0.1) is 22.4 Å². The average molecular weight is 434 g/mol. The summed E-state index contributed by atoms with van der Waals surface area (Å²) in [5.41, 5.74) is 1.28. The Morgan fingerprint density at radius 2 is 2.00 bits per heavy atom. The van der Waals surface area contributed by atoms with Crippen molar-refractivity contribution in [2.45, 2.75) is 38.3 Å². The minimum Gasteiger partial charge on any atom is -0.480 e. The molecule has 2 N–H and O–H groups in total. The first-order valence-corrected chi connectivity index (χ1v) is 8.52. The number of hydrogen-bond acceptors (Lipinski definition) is 3. The van der Waals surface area contributed by atoms with E-state index in [1.54, 1.807) is 0 Å². The predicted octanol–water partition coefficient (Wildman–Crippen LogP) is 3.47. The summed E-state index contributed by atoms with van der Waals surface area (Å²) in [6.07, 6.45) is 2.95. The molecule has 0 aromatic heterocycles. The molecule has 0 aliphatic carbocycles. The molecule has 0 bridgehead atoms. The Kier molecular flexibility index (Phi) is 9.31. The van der Waals surface area contributed by atoms with Crippen molar-refractivity contribution >= 4 is 16.7 Å². The van der Waals surface area contributed by atoms with E-state index in [9.17, 15) is 4.79 Å². The number of carbonyl (C=O) groups is 1. The van der Waals surface area contributed by atoms with Crippen LogP contribution < -0.4 is 5.32 Å². The number of nitrogens with one attached hydrogen (secondary N) is 1. The van der Waals surface area contributed by atoms with Crippen molar-refractivity contribution in [1.82, 2.24) is 10.2 Å². The van der Waals surface area contributed by atoms with Crippen LogP contribution in [0.4, 0.5) is 0 Å². The third-order valence-corrected chi connectivity index (χ3v) is 4.55. The van der Waals surface area contributed by atoms with Crippen LogP contribution in [0.5, 0.6) is 0 Å². The van der Waals surface area contributed by atoms with Crippen molar-refractivity contribution < 1.29 is 30.3 Å². The topological polar surface area (TPSA) is 52.6 Å². The zero-order chi connectivity index (χ0) is 17.5. The number of carboxylic acid groups (broad SMARTS) is 1. The number of fused-ring (bicyclic) bond motifs is 1. The fourth-order valence-corrected chi connectivity index (χ4v) is 2.85. The maximum Gasteiger partial charge on any atom is 0.320 e. The minimum absolute atomic E-state index is 0. The third-order valence-electron chi connectivity index (χ3n) is 4.55. The Bertz CT molecular complexity index is 664. The molecule has 0 saturated carbocycles. The molecule has 1 fully saturated rings. The average Bonchev–Trinajstić information content (AvgIpc) is 2.62. The standard InChI is InChI=1S/C14H16N.C6H11NO2.Pd/c1-11(15(2)3)13-10-6-8-12-7-4-5-9-14(12)13;8-6(9)5-3-1-2-4-7-5;/h4-9,11H,1-3H3;5,7H,1-4H2,(H,8,9);/q-1;;/t11-;5-;/m00./s1. The van der Waals surface area contributed by atoms with Crippen molar-refractivity contribution in [3.05, 3.63) is 48.0 Å². The number of nitrogens with zero attached hydrogens (tertiary/aromatic N) is 1. The molecule has 1 heterocycles. The van der Waals surface area contributed by atoms with Crippen LogP contribution >= 0.6 is 0 Å². The molecule has 0 amide bonds. The van der Waals surface area contributed by atoms with Gasteiger partial charge in [-0.05, 0) is 40.4 Å². The monoisotopic (exact) mass is 433 g/mol. The van der Waals surface area contributed by atoms with E-state index in [2.05, 4.69) is 67.6 Å². The number of carboxylic acids is 1. The first kappa shape index (κ1) is 21.8. The summed E-state index contributed by atoms with van der Waals surface area (Å²) in [6.45, 7) is 3.06. The SMILES string of the molecule is C[C@@H](c1[c-]ccc2ccccc12)N(C)C.O=C(O)[C@@H]1CCCCN1.[Pd]. The Morgan fingerprint density at radius 3 is 2.56 bits per heavy atom. The van der Waals surface area contributed by atoms with Gasteiger partial charge in [-0.3, -0.25) is 4.79 Å².